The first-order valence-electron chi connectivity index (χ1n) is 10.1. The maximum atomic E-state index is 12.7. The zero-order valence-electron chi connectivity index (χ0n) is 17.5. The first kappa shape index (κ1) is 20.3. The number of likely N-dealkylation sites (N-methyl/N-ethyl adjacent to an activating group) is 1. The lowest BCUT2D eigenvalue weighted by atomic mass is 10.1. The number of fused-ring (bicyclic) bond motifs is 2. The Labute approximate surface area is 180 Å². The van der Waals surface area contributed by atoms with Gasteiger partial charge < -0.3 is 10.2 Å². The molecule has 3 heterocycles. The maximum absolute atomic E-state index is 12.7. The highest BCUT2D eigenvalue weighted by atomic mass is 32.1. The van der Waals surface area contributed by atoms with E-state index in [1.807, 2.05) is 13.1 Å². The van der Waals surface area contributed by atoms with Crippen LogP contribution in [0.15, 0.2) is 36.5 Å². The smallest absolute Gasteiger partial charge is 0.246 e. The highest BCUT2D eigenvalue weighted by Gasteiger charge is 2.15. The van der Waals surface area contributed by atoms with Crippen LogP contribution in [0, 0.1) is 13.8 Å². The van der Waals surface area contributed by atoms with Crippen LogP contribution >= 0.6 is 11.3 Å². The van der Waals surface area contributed by atoms with Crippen molar-refractivity contribution in [3.8, 4) is 0 Å². The summed E-state index contributed by atoms with van der Waals surface area (Å²) < 4.78 is 1.30. The molecule has 4 rings (SSSR count). The van der Waals surface area contributed by atoms with Gasteiger partial charge in [-0.25, -0.2) is 4.98 Å². The molecule has 30 heavy (non-hydrogen) atoms. The zero-order chi connectivity index (χ0) is 21.3. The Kier molecular flexibility index (Phi) is 5.68. The van der Waals surface area contributed by atoms with Gasteiger partial charge in [0.05, 0.1) is 6.54 Å². The highest BCUT2D eigenvalue weighted by Crippen LogP contribution is 2.33. The van der Waals surface area contributed by atoms with E-state index in [2.05, 4.69) is 42.3 Å². The second-order valence-electron chi connectivity index (χ2n) is 7.81. The molecular weight excluding hydrogens is 394 g/mol. The third-order valence-electron chi connectivity index (χ3n) is 5.53. The van der Waals surface area contributed by atoms with Crippen molar-refractivity contribution in [1.82, 2.24) is 9.88 Å². The van der Waals surface area contributed by atoms with Crippen molar-refractivity contribution in [2.75, 3.05) is 12.4 Å². The summed E-state index contributed by atoms with van der Waals surface area (Å²) >= 11 is 1.77. The predicted molar refractivity (Wildman–Crippen MR) is 123 cm³/mol. The van der Waals surface area contributed by atoms with Crippen molar-refractivity contribution in [3.05, 3.63) is 63.7 Å². The third-order valence-corrected chi connectivity index (χ3v) is 6.96. The Morgan fingerprint density at radius 1 is 1.30 bits per heavy atom. The topological polar surface area (TPSA) is 62.3 Å². The lowest BCUT2D eigenvalue weighted by Gasteiger charge is -2.14. The van der Waals surface area contributed by atoms with Gasteiger partial charge in [0.1, 0.15) is 5.82 Å². The first-order valence-corrected chi connectivity index (χ1v) is 10.9. The largest absolute Gasteiger partial charge is 0.337 e. The molecule has 2 amide bonds. The van der Waals surface area contributed by atoms with Gasteiger partial charge in [0.2, 0.25) is 11.8 Å². The second kappa shape index (κ2) is 8.40. The van der Waals surface area contributed by atoms with E-state index in [-0.39, 0.29) is 11.8 Å². The molecule has 1 aliphatic rings. The SMILES string of the molecule is Cc1c(CN(C)C(=O)/C=C/c2cnc3c(c2)CCCC(=O)N3)sc2c(C)cccc12. The molecule has 3 aromatic rings. The zero-order valence-corrected chi connectivity index (χ0v) is 18.3. The lowest BCUT2D eigenvalue weighted by Crippen LogP contribution is -2.23. The molecule has 0 fully saturated rings. The number of pyridine rings is 1. The van der Waals surface area contributed by atoms with Crippen molar-refractivity contribution in [1.29, 1.82) is 0 Å². The van der Waals surface area contributed by atoms with Crippen LogP contribution in [0.2, 0.25) is 0 Å². The number of thiophene rings is 1. The molecule has 1 aromatic carbocycles. The van der Waals surface area contributed by atoms with E-state index in [0.29, 0.717) is 18.8 Å². The molecule has 0 atom stereocenters. The van der Waals surface area contributed by atoms with Gasteiger partial charge in [-0.15, -0.1) is 11.3 Å². The van der Waals surface area contributed by atoms with Crippen molar-refractivity contribution in [3.63, 3.8) is 0 Å². The summed E-state index contributed by atoms with van der Waals surface area (Å²) in [4.78, 5) is 31.6. The standard InChI is InChI=1S/C24H25N3O2S/c1-15-6-4-8-19-16(2)20(30-23(15)19)14-27(3)22(29)11-10-17-12-18-7-5-9-21(28)26-24(18)25-13-17/h4,6,8,10-13H,5,7,9,14H2,1-3H3,(H,25,26,28)/b11-10+. The van der Waals surface area contributed by atoms with Gasteiger partial charge in [0.15, 0.2) is 0 Å². The van der Waals surface area contributed by atoms with E-state index in [4.69, 9.17) is 0 Å². The molecule has 0 unspecified atom stereocenters. The molecule has 6 heteroatoms. The number of carbonyl (C=O) groups excluding carboxylic acids is 2. The summed E-state index contributed by atoms with van der Waals surface area (Å²) in [5, 5.41) is 4.10. The lowest BCUT2D eigenvalue weighted by molar-refractivity contribution is -0.125. The van der Waals surface area contributed by atoms with E-state index in [0.717, 1.165) is 24.0 Å². The summed E-state index contributed by atoms with van der Waals surface area (Å²) in [6.07, 6.45) is 7.20. The average molecular weight is 420 g/mol. The predicted octanol–water partition coefficient (Wildman–Crippen LogP) is 4.86. The maximum Gasteiger partial charge on any atom is 0.246 e. The fourth-order valence-corrected chi connectivity index (χ4v) is 5.06. The number of hydrogen-bond donors (Lipinski definition) is 1. The second-order valence-corrected chi connectivity index (χ2v) is 8.91. The molecule has 0 aliphatic carbocycles. The fraction of sp³-hybridized carbons (Fsp3) is 0.292. The number of amides is 2. The van der Waals surface area contributed by atoms with Crippen LogP contribution in [0.25, 0.3) is 16.2 Å². The van der Waals surface area contributed by atoms with Gasteiger partial charge in [0.25, 0.3) is 0 Å². The Morgan fingerprint density at radius 3 is 2.93 bits per heavy atom. The van der Waals surface area contributed by atoms with Crippen LogP contribution in [0.3, 0.4) is 0 Å². The summed E-state index contributed by atoms with van der Waals surface area (Å²) in [5.74, 6) is 0.591. The molecule has 0 saturated heterocycles. The summed E-state index contributed by atoms with van der Waals surface area (Å²) in [5.41, 5.74) is 4.40. The van der Waals surface area contributed by atoms with E-state index in [9.17, 15) is 9.59 Å². The van der Waals surface area contributed by atoms with E-state index in [1.165, 1.54) is 26.1 Å². The molecule has 0 bridgehead atoms. The number of benzene rings is 1. The van der Waals surface area contributed by atoms with Gasteiger partial charge in [-0.3, -0.25) is 9.59 Å². The number of hydrogen-bond acceptors (Lipinski definition) is 4. The summed E-state index contributed by atoms with van der Waals surface area (Å²) in [6.45, 7) is 4.84. The van der Waals surface area contributed by atoms with Crippen LogP contribution in [0.1, 0.15) is 40.0 Å². The van der Waals surface area contributed by atoms with Crippen molar-refractivity contribution in [2.24, 2.45) is 0 Å². The van der Waals surface area contributed by atoms with Gasteiger partial charge in [-0.05, 0) is 66.5 Å². The van der Waals surface area contributed by atoms with Gasteiger partial charge in [-0.2, -0.15) is 0 Å². The Bertz CT molecular complexity index is 1160. The number of aryl methyl sites for hydroxylation is 3. The molecule has 1 aliphatic heterocycles. The minimum Gasteiger partial charge on any atom is -0.337 e. The normalized spacial score (nSPS) is 13.9. The number of nitrogens with zero attached hydrogens (tertiary/aromatic N) is 2. The number of aromatic nitrogens is 1. The summed E-state index contributed by atoms with van der Waals surface area (Å²) in [6, 6.07) is 8.35. The molecule has 5 nitrogen and oxygen atoms in total. The van der Waals surface area contributed by atoms with Crippen LogP contribution in [0.5, 0.6) is 0 Å². The quantitative estimate of drug-likeness (QED) is 0.614. The molecule has 0 saturated carbocycles. The van der Waals surface area contributed by atoms with E-state index < -0.39 is 0 Å². The molecule has 1 N–H and O–H groups in total. The number of rotatable bonds is 4. The minimum atomic E-state index is -0.0492. The van der Waals surface area contributed by atoms with Crippen molar-refractivity contribution >= 4 is 45.1 Å². The van der Waals surface area contributed by atoms with Gasteiger partial charge >= 0.3 is 0 Å². The van der Waals surface area contributed by atoms with Crippen LogP contribution in [-0.2, 0) is 22.6 Å². The molecule has 0 spiro atoms. The van der Waals surface area contributed by atoms with Crippen molar-refractivity contribution < 1.29 is 9.59 Å². The fourth-order valence-electron chi connectivity index (χ4n) is 3.73. The monoisotopic (exact) mass is 419 g/mol. The number of nitrogens with one attached hydrogen (secondary N) is 1. The first-order chi connectivity index (χ1) is 14.4. The van der Waals surface area contributed by atoms with Crippen molar-refractivity contribution in [2.45, 2.75) is 39.7 Å². The van der Waals surface area contributed by atoms with Crippen LogP contribution < -0.4 is 5.32 Å². The minimum absolute atomic E-state index is 0.00747. The summed E-state index contributed by atoms with van der Waals surface area (Å²) in [7, 11) is 1.83. The van der Waals surface area contributed by atoms with Crippen LogP contribution in [-0.4, -0.2) is 28.7 Å². The Morgan fingerprint density at radius 2 is 2.13 bits per heavy atom. The Hall–Kier alpha value is -2.99. The molecular formula is C24H25N3O2S. The van der Waals surface area contributed by atoms with Gasteiger partial charge in [0, 0.05) is 35.3 Å². The number of carbonyl (C=O) groups is 2. The van der Waals surface area contributed by atoms with E-state index in [1.54, 1.807) is 34.6 Å². The molecule has 2 aromatic heterocycles. The number of anilines is 1. The molecule has 154 valence electrons. The Balaban J connectivity index is 1.47. The van der Waals surface area contributed by atoms with Crippen LogP contribution in [0.4, 0.5) is 5.82 Å². The third kappa shape index (κ3) is 4.14. The van der Waals surface area contributed by atoms with E-state index >= 15 is 0 Å². The highest BCUT2D eigenvalue weighted by molar-refractivity contribution is 7.19. The molecule has 0 radical (unpaired) electrons. The average Bonchev–Trinajstić information content (AvgIpc) is 2.92. The van der Waals surface area contributed by atoms with Gasteiger partial charge in [-0.1, -0.05) is 18.2 Å².